The second kappa shape index (κ2) is 10.7. The molecule has 0 bridgehead atoms. The van der Waals surface area contributed by atoms with Gasteiger partial charge in [0.2, 0.25) is 0 Å². The number of aryl methyl sites for hydroxylation is 2. The van der Waals surface area contributed by atoms with E-state index in [4.69, 9.17) is 0 Å². The zero-order valence-corrected chi connectivity index (χ0v) is 13.8. The molecule has 19 heavy (non-hydrogen) atoms. The Labute approximate surface area is 121 Å². The van der Waals surface area contributed by atoms with Crippen LogP contribution in [0.25, 0.3) is 0 Å². The Morgan fingerprint density at radius 1 is 1.16 bits per heavy atom. The van der Waals surface area contributed by atoms with Crippen LogP contribution in [0.4, 0.5) is 0 Å². The Bertz CT molecular complexity index is 421. The summed E-state index contributed by atoms with van der Waals surface area (Å²) in [6.45, 7) is 12.5. The van der Waals surface area contributed by atoms with E-state index in [0.717, 1.165) is 6.42 Å². The fraction of sp³-hybridized carbons (Fsp3) is 0.500. The van der Waals surface area contributed by atoms with Crippen molar-refractivity contribution in [1.82, 2.24) is 9.97 Å². The highest BCUT2D eigenvalue weighted by molar-refractivity contribution is 7.11. The fourth-order valence-electron chi connectivity index (χ4n) is 1.32. The highest BCUT2D eigenvalue weighted by atomic mass is 32.1. The van der Waals surface area contributed by atoms with E-state index in [2.05, 4.69) is 30.7 Å². The molecule has 0 aliphatic heterocycles. The second-order valence-corrected chi connectivity index (χ2v) is 5.45. The number of thiazole rings is 1. The van der Waals surface area contributed by atoms with E-state index >= 15 is 0 Å². The van der Waals surface area contributed by atoms with Crippen molar-refractivity contribution in [1.29, 1.82) is 0 Å². The van der Waals surface area contributed by atoms with Crippen molar-refractivity contribution in [3.63, 3.8) is 0 Å². The maximum atomic E-state index is 4.11. The van der Waals surface area contributed by atoms with Gasteiger partial charge in [-0.15, -0.1) is 11.3 Å². The lowest BCUT2D eigenvalue weighted by Crippen LogP contribution is -1.85. The van der Waals surface area contributed by atoms with Gasteiger partial charge in [-0.3, -0.25) is 4.98 Å². The van der Waals surface area contributed by atoms with Crippen LogP contribution in [0.5, 0.6) is 0 Å². The van der Waals surface area contributed by atoms with Crippen LogP contribution in [-0.4, -0.2) is 9.97 Å². The van der Waals surface area contributed by atoms with Crippen molar-refractivity contribution in [3.8, 4) is 0 Å². The molecular formula is C16H26N2S. The Hall–Kier alpha value is -1.22. The molecule has 0 amide bonds. The molecule has 2 aromatic rings. The van der Waals surface area contributed by atoms with E-state index in [9.17, 15) is 0 Å². The maximum absolute atomic E-state index is 4.11. The van der Waals surface area contributed by atoms with Gasteiger partial charge in [0.1, 0.15) is 0 Å². The van der Waals surface area contributed by atoms with Crippen LogP contribution in [-0.2, 0) is 6.42 Å². The van der Waals surface area contributed by atoms with E-state index < -0.39 is 0 Å². The van der Waals surface area contributed by atoms with Gasteiger partial charge >= 0.3 is 0 Å². The first-order chi connectivity index (χ1) is 9.13. The highest BCUT2D eigenvalue weighted by Crippen LogP contribution is 2.11. The lowest BCUT2D eigenvalue weighted by Gasteiger charge is -2.01. The second-order valence-electron chi connectivity index (χ2n) is 4.13. The average molecular weight is 278 g/mol. The minimum Gasteiger partial charge on any atom is -0.265 e. The molecule has 0 atom stereocenters. The van der Waals surface area contributed by atoms with Gasteiger partial charge < -0.3 is 0 Å². The molecule has 0 aliphatic rings. The van der Waals surface area contributed by atoms with Gasteiger partial charge in [0.15, 0.2) is 0 Å². The minimum absolute atomic E-state index is 0.619. The van der Waals surface area contributed by atoms with Crippen LogP contribution < -0.4 is 0 Å². The molecular weight excluding hydrogens is 252 g/mol. The normalized spacial score (nSPS) is 9.21. The van der Waals surface area contributed by atoms with Crippen molar-refractivity contribution in [3.05, 3.63) is 46.2 Å². The van der Waals surface area contributed by atoms with Crippen LogP contribution in [0.3, 0.4) is 0 Å². The summed E-state index contributed by atoms with van der Waals surface area (Å²) in [6.07, 6.45) is 6.72. The van der Waals surface area contributed by atoms with Crippen molar-refractivity contribution in [2.45, 2.75) is 53.9 Å². The standard InChI is InChI=1S/C8H11N.C6H9NS.C2H6/c1-7(2)8-3-5-9-6-4-8;1-3-6-4-7-5(2)8-6;1-2/h3-7H,1-2H3;4H,3H2,1-2H3;1-2H3. The molecule has 3 heteroatoms. The van der Waals surface area contributed by atoms with Crippen LogP contribution in [0.2, 0.25) is 0 Å². The number of hydrogen-bond donors (Lipinski definition) is 0. The van der Waals surface area contributed by atoms with Gasteiger partial charge in [-0.2, -0.15) is 0 Å². The summed E-state index contributed by atoms with van der Waals surface area (Å²) in [6, 6.07) is 4.09. The largest absolute Gasteiger partial charge is 0.265 e. The summed E-state index contributed by atoms with van der Waals surface area (Å²) < 4.78 is 0. The molecule has 0 aliphatic carbocycles. The Morgan fingerprint density at radius 2 is 1.74 bits per heavy atom. The molecule has 0 fully saturated rings. The zero-order valence-electron chi connectivity index (χ0n) is 13.0. The van der Waals surface area contributed by atoms with Gasteiger partial charge in [-0.1, -0.05) is 34.6 Å². The van der Waals surface area contributed by atoms with Crippen molar-refractivity contribution < 1.29 is 0 Å². The van der Waals surface area contributed by atoms with Gasteiger partial charge in [-0.25, -0.2) is 4.98 Å². The summed E-state index contributed by atoms with van der Waals surface area (Å²) in [5.41, 5.74) is 1.35. The van der Waals surface area contributed by atoms with Crippen LogP contribution in [0.1, 0.15) is 56.0 Å². The maximum Gasteiger partial charge on any atom is 0.0896 e. The number of nitrogens with zero attached hydrogens (tertiary/aromatic N) is 2. The SMILES string of the molecule is CC.CC(C)c1ccncc1.CCc1cnc(C)s1. The van der Waals surface area contributed by atoms with Gasteiger partial charge in [0.25, 0.3) is 0 Å². The van der Waals surface area contributed by atoms with Crippen molar-refractivity contribution in [2.75, 3.05) is 0 Å². The van der Waals surface area contributed by atoms with Gasteiger partial charge in [0, 0.05) is 23.5 Å². The molecule has 0 saturated heterocycles. The summed E-state index contributed by atoms with van der Waals surface area (Å²) in [4.78, 5) is 9.41. The summed E-state index contributed by atoms with van der Waals surface area (Å²) in [5.74, 6) is 0.619. The van der Waals surface area contributed by atoms with Crippen LogP contribution in [0.15, 0.2) is 30.7 Å². The zero-order chi connectivity index (χ0) is 14.7. The average Bonchev–Trinajstić information content (AvgIpc) is 2.88. The third-order valence-corrected chi connectivity index (χ3v) is 3.45. The van der Waals surface area contributed by atoms with E-state index in [1.54, 1.807) is 11.3 Å². The molecule has 0 radical (unpaired) electrons. The number of aromatic nitrogens is 2. The number of pyridine rings is 1. The predicted molar refractivity (Wildman–Crippen MR) is 85.9 cm³/mol. The predicted octanol–water partition coefficient (Wildman–Crippen LogP) is 5.25. The van der Waals surface area contributed by atoms with Gasteiger partial charge in [0.05, 0.1) is 5.01 Å². The lowest BCUT2D eigenvalue weighted by molar-refractivity contribution is 0.863. The van der Waals surface area contributed by atoms with E-state index in [0.29, 0.717) is 5.92 Å². The molecule has 0 N–H and O–H groups in total. The number of hydrogen-bond acceptors (Lipinski definition) is 3. The molecule has 106 valence electrons. The summed E-state index contributed by atoms with van der Waals surface area (Å²) >= 11 is 1.78. The Balaban J connectivity index is 0.000000303. The molecule has 0 unspecified atom stereocenters. The topological polar surface area (TPSA) is 25.8 Å². The molecule has 2 heterocycles. The third kappa shape index (κ3) is 7.73. The van der Waals surface area contributed by atoms with E-state index in [-0.39, 0.29) is 0 Å². The molecule has 0 spiro atoms. The van der Waals surface area contributed by atoms with Crippen LogP contribution >= 0.6 is 11.3 Å². The first-order valence-corrected chi connectivity index (χ1v) is 7.76. The van der Waals surface area contributed by atoms with Crippen molar-refractivity contribution in [2.24, 2.45) is 0 Å². The van der Waals surface area contributed by atoms with Crippen LogP contribution in [0, 0.1) is 6.92 Å². The Morgan fingerprint density at radius 3 is 2.00 bits per heavy atom. The minimum atomic E-state index is 0.619. The highest BCUT2D eigenvalue weighted by Gasteiger charge is 1.94. The number of rotatable bonds is 2. The summed E-state index contributed by atoms with van der Waals surface area (Å²) in [5, 5.41) is 1.17. The smallest absolute Gasteiger partial charge is 0.0896 e. The first kappa shape index (κ1) is 17.8. The molecule has 2 nitrogen and oxygen atoms in total. The van der Waals surface area contributed by atoms with E-state index in [1.165, 1.54) is 15.4 Å². The lowest BCUT2D eigenvalue weighted by atomic mass is 10.1. The van der Waals surface area contributed by atoms with E-state index in [1.807, 2.05) is 51.5 Å². The fourth-order valence-corrected chi connectivity index (χ4v) is 2.05. The van der Waals surface area contributed by atoms with Crippen molar-refractivity contribution >= 4 is 11.3 Å². The summed E-state index contributed by atoms with van der Waals surface area (Å²) in [7, 11) is 0. The quantitative estimate of drug-likeness (QED) is 0.750. The molecule has 0 aromatic carbocycles. The first-order valence-electron chi connectivity index (χ1n) is 6.94. The monoisotopic (exact) mass is 278 g/mol. The molecule has 0 saturated carbocycles. The molecule has 2 rings (SSSR count). The Kier molecular flexibility index (Phi) is 9.99. The third-order valence-electron chi connectivity index (χ3n) is 2.39. The van der Waals surface area contributed by atoms with Gasteiger partial charge in [-0.05, 0) is 37.0 Å². The molecule has 2 aromatic heterocycles.